The molecule has 0 aromatic heterocycles. The van der Waals surface area contributed by atoms with E-state index >= 15 is 0 Å². The van der Waals surface area contributed by atoms with Gasteiger partial charge in [-0.25, -0.2) is 0 Å². The Morgan fingerprint density at radius 3 is 3.00 bits per heavy atom. The molecular formula is C12H25NO3. The maximum absolute atomic E-state index is 5.50. The Bertz CT molecular complexity index is 158. The molecule has 1 rings (SSSR count). The molecule has 0 amide bonds. The summed E-state index contributed by atoms with van der Waals surface area (Å²) in [4.78, 5) is 0. The molecule has 4 heteroatoms. The summed E-state index contributed by atoms with van der Waals surface area (Å²) in [6.45, 7) is 9.24. The lowest BCUT2D eigenvalue weighted by atomic mass is 10.2. The molecule has 1 atom stereocenters. The molecule has 4 nitrogen and oxygen atoms in total. The SMILES string of the molecule is CC(C)COCCCNCC1CCOCO1. The first-order valence-corrected chi connectivity index (χ1v) is 6.27. The number of nitrogens with one attached hydrogen (secondary N) is 1. The minimum absolute atomic E-state index is 0.324. The van der Waals surface area contributed by atoms with Crippen molar-refractivity contribution in [1.82, 2.24) is 5.32 Å². The second kappa shape index (κ2) is 8.93. The van der Waals surface area contributed by atoms with E-state index in [4.69, 9.17) is 14.2 Å². The van der Waals surface area contributed by atoms with Crippen LogP contribution >= 0.6 is 0 Å². The molecule has 1 N–H and O–H groups in total. The molecule has 0 bridgehead atoms. The Hall–Kier alpha value is -0.160. The van der Waals surface area contributed by atoms with E-state index in [2.05, 4.69) is 19.2 Å². The van der Waals surface area contributed by atoms with Crippen LogP contribution in [-0.4, -0.2) is 45.8 Å². The van der Waals surface area contributed by atoms with Crippen LogP contribution in [0, 0.1) is 5.92 Å². The van der Waals surface area contributed by atoms with Gasteiger partial charge in [0, 0.05) is 19.8 Å². The number of ether oxygens (including phenoxy) is 3. The number of hydrogen-bond acceptors (Lipinski definition) is 4. The predicted octanol–water partition coefficient (Wildman–Crippen LogP) is 1.40. The lowest BCUT2D eigenvalue weighted by molar-refractivity contribution is -0.137. The highest BCUT2D eigenvalue weighted by Gasteiger charge is 2.12. The van der Waals surface area contributed by atoms with E-state index in [0.29, 0.717) is 18.8 Å². The third-order valence-corrected chi connectivity index (χ3v) is 2.44. The van der Waals surface area contributed by atoms with E-state index in [1.807, 2.05) is 0 Å². The van der Waals surface area contributed by atoms with E-state index < -0.39 is 0 Å². The minimum Gasteiger partial charge on any atom is -0.381 e. The molecule has 1 fully saturated rings. The van der Waals surface area contributed by atoms with Gasteiger partial charge in [-0.1, -0.05) is 13.8 Å². The summed E-state index contributed by atoms with van der Waals surface area (Å²) in [7, 11) is 0. The van der Waals surface area contributed by atoms with Gasteiger partial charge in [0.25, 0.3) is 0 Å². The second-order valence-electron chi connectivity index (χ2n) is 4.63. The standard InChI is InChI=1S/C12H25NO3/c1-11(2)9-14-6-3-5-13-8-12-4-7-15-10-16-12/h11-13H,3-10H2,1-2H3. The van der Waals surface area contributed by atoms with Crippen LogP contribution in [0.2, 0.25) is 0 Å². The van der Waals surface area contributed by atoms with Gasteiger partial charge in [-0.2, -0.15) is 0 Å². The van der Waals surface area contributed by atoms with Crippen molar-refractivity contribution in [3.05, 3.63) is 0 Å². The molecule has 0 aromatic carbocycles. The zero-order valence-electron chi connectivity index (χ0n) is 10.5. The van der Waals surface area contributed by atoms with Gasteiger partial charge in [-0.3, -0.25) is 0 Å². The molecule has 0 aromatic rings. The van der Waals surface area contributed by atoms with Gasteiger partial charge in [-0.15, -0.1) is 0 Å². The average molecular weight is 231 g/mol. The summed E-state index contributed by atoms with van der Waals surface area (Å²) in [5.41, 5.74) is 0. The smallest absolute Gasteiger partial charge is 0.147 e. The third kappa shape index (κ3) is 7.17. The Kier molecular flexibility index (Phi) is 7.76. The zero-order chi connectivity index (χ0) is 11.6. The van der Waals surface area contributed by atoms with Crippen LogP contribution in [0.1, 0.15) is 26.7 Å². The predicted molar refractivity (Wildman–Crippen MR) is 63.5 cm³/mol. The Balaban J connectivity index is 1.80. The van der Waals surface area contributed by atoms with Crippen molar-refractivity contribution < 1.29 is 14.2 Å². The van der Waals surface area contributed by atoms with Gasteiger partial charge in [0.2, 0.25) is 0 Å². The highest BCUT2D eigenvalue weighted by molar-refractivity contribution is 4.63. The van der Waals surface area contributed by atoms with Crippen molar-refractivity contribution in [3.8, 4) is 0 Å². The molecule has 1 aliphatic heterocycles. The summed E-state index contributed by atoms with van der Waals surface area (Å²) in [5.74, 6) is 0.628. The average Bonchev–Trinajstić information content (AvgIpc) is 2.29. The van der Waals surface area contributed by atoms with Crippen molar-refractivity contribution in [2.24, 2.45) is 5.92 Å². The van der Waals surface area contributed by atoms with Crippen LogP contribution in [0.15, 0.2) is 0 Å². The van der Waals surface area contributed by atoms with Crippen molar-refractivity contribution >= 4 is 0 Å². The summed E-state index contributed by atoms with van der Waals surface area (Å²) in [6, 6.07) is 0. The van der Waals surface area contributed by atoms with Crippen LogP contribution in [-0.2, 0) is 14.2 Å². The van der Waals surface area contributed by atoms with Gasteiger partial charge >= 0.3 is 0 Å². The zero-order valence-corrected chi connectivity index (χ0v) is 10.5. The van der Waals surface area contributed by atoms with Crippen molar-refractivity contribution in [2.45, 2.75) is 32.8 Å². The fourth-order valence-corrected chi connectivity index (χ4v) is 1.54. The number of rotatable bonds is 8. The van der Waals surface area contributed by atoms with Gasteiger partial charge in [-0.05, 0) is 25.3 Å². The second-order valence-corrected chi connectivity index (χ2v) is 4.63. The van der Waals surface area contributed by atoms with E-state index in [1.165, 1.54) is 0 Å². The van der Waals surface area contributed by atoms with Crippen LogP contribution in [0.5, 0.6) is 0 Å². The van der Waals surface area contributed by atoms with Gasteiger partial charge < -0.3 is 19.5 Å². The Morgan fingerprint density at radius 2 is 2.31 bits per heavy atom. The summed E-state index contributed by atoms with van der Waals surface area (Å²) < 4.78 is 16.0. The molecule has 1 saturated heterocycles. The highest BCUT2D eigenvalue weighted by atomic mass is 16.7. The van der Waals surface area contributed by atoms with Crippen LogP contribution in [0.4, 0.5) is 0 Å². The minimum atomic E-state index is 0.324. The molecule has 1 heterocycles. The lowest BCUT2D eigenvalue weighted by Crippen LogP contribution is -2.34. The maximum atomic E-state index is 5.50. The van der Waals surface area contributed by atoms with E-state index in [9.17, 15) is 0 Å². The topological polar surface area (TPSA) is 39.7 Å². The van der Waals surface area contributed by atoms with Gasteiger partial charge in [0.1, 0.15) is 6.79 Å². The van der Waals surface area contributed by atoms with Gasteiger partial charge in [0.15, 0.2) is 0 Å². The van der Waals surface area contributed by atoms with E-state index in [0.717, 1.165) is 45.8 Å². The summed E-state index contributed by atoms with van der Waals surface area (Å²) >= 11 is 0. The molecular weight excluding hydrogens is 206 g/mol. The van der Waals surface area contributed by atoms with Crippen LogP contribution in [0.3, 0.4) is 0 Å². The fourth-order valence-electron chi connectivity index (χ4n) is 1.54. The lowest BCUT2D eigenvalue weighted by Gasteiger charge is -2.22. The molecule has 16 heavy (non-hydrogen) atoms. The molecule has 0 radical (unpaired) electrons. The van der Waals surface area contributed by atoms with Crippen molar-refractivity contribution in [3.63, 3.8) is 0 Å². The van der Waals surface area contributed by atoms with E-state index in [1.54, 1.807) is 0 Å². The quantitative estimate of drug-likeness (QED) is 0.641. The first-order valence-electron chi connectivity index (χ1n) is 6.27. The summed E-state index contributed by atoms with van der Waals surface area (Å²) in [5, 5.41) is 3.38. The van der Waals surface area contributed by atoms with Crippen LogP contribution in [0.25, 0.3) is 0 Å². The molecule has 96 valence electrons. The Labute approximate surface area is 98.6 Å². The molecule has 0 spiro atoms. The van der Waals surface area contributed by atoms with E-state index in [-0.39, 0.29) is 0 Å². The fraction of sp³-hybridized carbons (Fsp3) is 1.00. The highest BCUT2D eigenvalue weighted by Crippen LogP contribution is 2.04. The monoisotopic (exact) mass is 231 g/mol. The van der Waals surface area contributed by atoms with Crippen molar-refractivity contribution in [1.29, 1.82) is 0 Å². The Morgan fingerprint density at radius 1 is 1.44 bits per heavy atom. The van der Waals surface area contributed by atoms with Gasteiger partial charge in [0.05, 0.1) is 12.7 Å². The molecule has 1 unspecified atom stereocenters. The molecule has 0 aliphatic carbocycles. The largest absolute Gasteiger partial charge is 0.381 e. The van der Waals surface area contributed by atoms with Crippen molar-refractivity contribution in [2.75, 3.05) is 39.7 Å². The maximum Gasteiger partial charge on any atom is 0.147 e. The third-order valence-electron chi connectivity index (χ3n) is 2.44. The normalized spacial score (nSPS) is 21.6. The molecule has 1 aliphatic rings. The number of hydrogen-bond donors (Lipinski definition) is 1. The molecule has 0 saturated carbocycles. The van der Waals surface area contributed by atoms with Crippen LogP contribution < -0.4 is 5.32 Å². The first-order chi connectivity index (χ1) is 7.79. The first kappa shape index (κ1) is 13.9. The summed E-state index contributed by atoms with van der Waals surface area (Å²) in [6.07, 6.45) is 2.39.